The number of aromatic nitrogens is 1. The number of hydrogen-bond acceptors (Lipinski definition) is 4. The van der Waals surface area contributed by atoms with Crippen molar-refractivity contribution in [2.24, 2.45) is 0 Å². The van der Waals surface area contributed by atoms with Crippen LogP contribution in [0.2, 0.25) is 5.02 Å². The van der Waals surface area contributed by atoms with Crippen LogP contribution >= 0.6 is 22.9 Å². The SMILES string of the molecule is CCc1nc(C[S@@](=O)CC(=O)Nc2cccc(Cl)c2)cs1. The highest BCUT2D eigenvalue weighted by Gasteiger charge is 2.11. The average Bonchev–Trinajstić information content (AvgIpc) is 2.85. The Hall–Kier alpha value is -1.24. The lowest BCUT2D eigenvalue weighted by atomic mass is 10.3. The predicted octanol–water partition coefficient (Wildman–Crippen LogP) is 3.25. The summed E-state index contributed by atoms with van der Waals surface area (Å²) in [6, 6.07) is 6.86. The van der Waals surface area contributed by atoms with Crippen molar-refractivity contribution in [1.82, 2.24) is 4.98 Å². The molecular formula is C14H15ClN2O2S2. The quantitative estimate of drug-likeness (QED) is 0.876. The van der Waals surface area contributed by atoms with E-state index in [0.717, 1.165) is 17.1 Å². The minimum atomic E-state index is -1.27. The molecule has 0 spiro atoms. The van der Waals surface area contributed by atoms with Gasteiger partial charge in [0.15, 0.2) is 0 Å². The van der Waals surface area contributed by atoms with Crippen molar-refractivity contribution in [3.8, 4) is 0 Å². The summed E-state index contributed by atoms with van der Waals surface area (Å²) in [6.45, 7) is 2.03. The van der Waals surface area contributed by atoms with Crippen LogP contribution in [0.15, 0.2) is 29.6 Å². The topological polar surface area (TPSA) is 59.1 Å². The molecule has 112 valence electrons. The number of carbonyl (C=O) groups excluding carboxylic acids is 1. The van der Waals surface area contributed by atoms with Gasteiger partial charge >= 0.3 is 0 Å². The number of carbonyl (C=O) groups is 1. The highest BCUT2D eigenvalue weighted by Crippen LogP contribution is 2.15. The van der Waals surface area contributed by atoms with Gasteiger partial charge in [0.25, 0.3) is 0 Å². The third-order valence-electron chi connectivity index (χ3n) is 2.61. The van der Waals surface area contributed by atoms with Crippen LogP contribution in [-0.4, -0.2) is 20.9 Å². The van der Waals surface area contributed by atoms with Crippen LogP contribution in [0.4, 0.5) is 5.69 Å². The monoisotopic (exact) mass is 342 g/mol. The molecule has 4 nitrogen and oxygen atoms in total. The summed E-state index contributed by atoms with van der Waals surface area (Å²) in [7, 11) is -1.27. The highest BCUT2D eigenvalue weighted by molar-refractivity contribution is 7.84. The van der Waals surface area contributed by atoms with Gasteiger partial charge in [0.2, 0.25) is 5.91 Å². The van der Waals surface area contributed by atoms with Crippen LogP contribution in [0.25, 0.3) is 0 Å². The molecule has 7 heteroatoms. The predicted molar refractivity (Wildman–Crippen MR) is 88.3 cm³/mol. The molecule has 2 aromatic rings. The van der Waals surface area contributed by atoms with Gasteiger partial charge in [0.1, 0.15) is 5.75 Å². The van der Waals surface area contributed by atoms with Gasteiger partial charge in [-0.15, -0.1) is 11.3 Å². The van der Waals surface area contributed by atoms with Crippen molar-refractivity contribution in [3.63, 3.8) is 0 Å². The van der Waals surface area contributed by atoms with E-state index in [-0.39, 0.29) is 11.7 Å². The van der Waals surface area contributed by atoms with E-state index in [1.165, 1.54) is 0 Å². The van der Waals surface area contributed by atoms with Gasteiger partial charge in [0.05, 0.1) is 16.5 Å². The molecule has 0 unspecified atom stereocenters. The lowest BCUT2D eigenvalue weighted by Gasteiger charge is -2.05. The number of rotatable bonds is 6. The number of anilines is 1. The number of aryl methyl sites for hydroxylation is 1. The smallest absolute Gasteiger partial charge is 0.237 e. The van der Waals surface area contributed by atoms with Crippen molar-refractivity contribution in [3.05, 3.63) is 45.4 Å². The Morgan fingerprint density at radius 1 is 1.48 bits per heavy atom. The molecule has 0 saturated heterocycles. The average molecular weight is 343 g/mol. The van der Waals surface area contributed by atoms with E-state index in [0.29, 0.717) is 16.5 Å². The molecule has 0 radical (unpaired) electrons. The van der Waals surface area contributed by atoms with Gasteiger partial charge < -0.3 is 5.32 Å². The first kappa shape index (κ1) is 16.1. The Labute approximate surface area is 135 Å². The Bertz CT molecular complexity index is 658. The minimum absolute atomic E-state index is 0.0501. The summed E-state index contributed by atoms with van der Waals surface area (Å²) in [6.07, 6.45) is 0.868. The number of halogens is 1. The third kappa shape index (κ3) is 5.22. The maximum Gasteiger partial charge on any atom is 0.237 e. The fraction of sp³-hybridized carbons (Fsp3) is 0.286. The summed E-state index contributed by atoms with van der Waals surface area (Å²) in [5, 5.41) is 6.14. The minimum Gasteiger partial charge on any atom is -0.325 e. The molecule has 1 aromatic carbocycles. The Kier molecular flexibility index (Phi) is 5.90. The summed E-state index contributed by atoms with van der Waals surface area (Å²) < 4.78 is 12.0. The zero-order chi connectivity index (χ0) is 15.2. The van der Waals surface area contributed by atoms with E-state index in [1.807, 2.05) is 12.3 Å². The molecule has 1 N–H and O–H groups in total. The normalized spacial score (nSPS) is 12.1. The fourth-order valence-corrected chi connectivity index (χ4v) is 3.69. The molecule has 0 saturated carbocycles. The molecule has 2 rings (SSSR count). The molecule has 21 heavy (non-hydrogen) atoms. The molecule has 1 aromatic heterocycles. The van der Waals surface area contributed by atoms with Crippen LogP contribution in [0.5, 0.6) is 0 Å². The second kappa shape index (κ2) is 7.68. The Morgan fingerprint density at radius 3 is 2.95 bits per heavy atom. The first-order valence-corrected chi connectivity index (χ1v) is 9.15. The summed E-state index contributed by atoms with van der Waals surface area (Å²) in [5.41, 5.74) is 1.39. The van der Waals surface area contributed by atoms with E-state index >= 15 is 0 Å². The first-order valence-electron chi connectivity index (χ1n) is 6.40. The zero-order valence-electron chi connectivity index (χ0n) is 11.5. The standard InChI is InChI=1S/C14H15ClN2O2S2/c1-2-14-17-12(7-20-14)8-21(19)9-13(18)16-11-5-3-4-10(15)6-11/h3-7H,2,8-9H2,1H3,(H,16,18)/t21-/m1/s1. The van der Waals surface area contributed by atoms with Crippen LogP contribution < -0.4 is 5.32 Å². The largest absolute Gasteiger partial charge is 0.325 e. The van der Waals surface area contributed by atoms with Crippen molar-refractivity contribution in [2.45, 2.75) is 19.1 Å². The molecule has 0 aliphatic carbocycles. The third-order valence-corrected chi connectivity index (χ3v) is 5.09. The molecule has 1 amide bonds. The van der Waals surface area contributed by atoms with Gasteiger partial charge in [-0.05, 0) is 24.6 Å². The zero-order valence-corrected chi connectivity index (χ0v) is 13.9. The van der Waals surface area contributed by atoms with Crippen LogP contribution in [-0.2, 0) is 27.8 Å². The molecule has 1 heterocycles. The molecule has 0 aliphatic heterocycles. The summed E-state index contributed by atoms with van der Waals surface area (Å²) >= 11 is 7.39. The molecule has 0 fully saturated rings. The van der Waals surface area contributed by atoms with E-state index < -0.39 is 10.8 Å². The molecular weight excluding hydrogens is 328 g/mol. The number of nitrogens with zero attached hydrogens (tertiary/aromatic N) is 1. The number of thiazole rings is 1. The van der Waals surface area contributed by atoms with Gasteiger partial charge in [-0.2, -0.15) is 0 Å². The second-order valence-electron chi connectivity index (χ2n) is 4.37. The van der Waals surface area contributed by atoms with E-state index in [1.54, 1.807) is 35.6 Å². The maximum atomic E-state index is 12.0. The molecule has 0 aliphatic rings. The maximum absolute atomic E-state index is 12.0. The van der Waals surface area contributed by atoms with Crippen molar-refractivity contribution in [2.75, 3.05) is 11.1 Å². The summed E-state index contributed by atoms with van der Waals surface area (Å²) in [4.78, 5) is 16.2. The van der Waals surface area contributed by atoms with Crippen molar-refractivity contribution < 1.29 is 9.00 Å². The molecule has 0 bridgehead atoms. The van der Waals surface area contributed by atoms with Crippen molar-refractivity contribution in [1.29, 1.82) is 0 Å². The first-order chi connectivity index (χ1) is 10.1. The fourth-order valence-electron chi connectivity index (χ4n) is 1.70. The Balaban J connectivity index is 1.86. The number of hydrogen-bond donors (Lipinski definition) is 1. The lowest BCUT2D eigenvalue weighted by Crippen LogP contribution is -2.20. The molecule has 1 atom stereocenters. The van der Waals surface area contributed by atoms with Crippen LogP contribution in [0, 0.1) is 0 Å². The number of benzene rings is 1. The Morgan fingerprint density at radius 2 is 2.29 bits per heavy atom. The van der Waals surface area contributed by atoms with Crippen LogP contribution in [0.1, 0.15) is 17.6 Å². The van der Waals surface area contributed by atoms with E-state index in [2.05, 4.69) is 10.3 Å². The van der Waals surface area contributed by atoms with Gasteiger partial charge in [-0.25, -0.2) is 4.98 Å². The van der Waals surface area contributed by atoms with Crippen molar-refractivity contribution >= 4 is 45.3 Å². The van der Waals surface area contributed by atoms with Gasteiger partial charge in [-0.1, -0.05) is 24.6 Å². The number of amides is 1. The lowest BCUT2D eigenvalue weighted by molar-refractivity contribution is -0.113. The number of nitrogens with one attached hydrogen (secondary N) is 1. The van der Waals surface area contributed by atoms with E-state index in [9.17, 15) is 9.00 Å². The van der Waals surface area contributed by atoms with E-state index in [4.69, 9.17) is 11.6 Å². The van der Waals surface area contributed by atoms with Crippen LogP contribution in [0.3, 0.4) is 0 Å². The summed E-state index contributed by atoms with van der Waals surface area (Å²) in [5.74, 6) is -0.0353. The van der Waals surface area contributed by atoms with Gasteiger partial charge in [-0.3, -0.25) is 9.00 Å². The van der Waals surface area contributed by atoms with Gasteiger partial charge in [0, 0.05) is 26.9 Å². The second-order valence-corrected chi connectivity index (χ2v) is 7.21. The highest BCUT2D eigenvalue weighted by atomic mass is 35.5.